The molecule has 0 aliphatic heterocycles. The van der Waals surface area contributed by atoms with E-state index in [-0.39, 0.29) is 11.1 Å². The molecule has 72 valence electrons. The SMILES string of the molecule is NC(=O)C=Cc1ccnc(F)c1C=O. The van der Waals surface area contributed by atoms with Crippen molar-refractivity contribution in [2.75, 3.05) is 0 Å². The molecule has 0 radical (unpaired) electrons. The zero-order valence-electron chi connectivity index (χ0n) is 7.11. The predicted molar refractivity (Wildman–Crippen MR) is 47.8 cm³/mol. The fourth-order valence-electron chi connectivity index (χ4n) is 0.895. The maximum atomic E-state index is 12.9. The number of primary amides is 1. The molecule has 4 nitrogen and oxygen atoms in total. The van der Waals surface area contributed by atoms with E-state index in [1.807, 2.05) is 0 Å². The third kappa shape index (κ3) is 2.22. The highest BCUT2D eigenvalue weighted by molar-refractivity contribution is 5.92. The van der Waals surface area contributed by atoms with Gasteiger partial charge in [0.1, 0.15) is 0 Å². The monoisotopic (exact) mass is 194 g/mol. The lowest BCUT2D eigenvalue weighted by Crippen LogP contribution is -2.05. The number of hydrogen-bond acceptors (Lipinski definition) is 3. The molecule has 0 saturated heterocycles. The number of amides is 1. The zero-order chi connectivity index (χ0) is 10.6. The van der Waals surface area contributed by atoms with Crippen molar-refractivity contribution in [3.8, 4) is 0 Å². The van der Waals surface area contributed by atoms with E-state index in [0.717, 1.165) is 6.08 Å². The molecular weight excluding hydrogens is 187 g/mol. The van der Waals surface area contributed by atoms with Crippen LogP contribution in [0.5, 0.6) is 0 Å². The molecule has 0 spiro atoms. The van der Waals surface area contributed by atoms with Crippen molar-refractivity contribution in [1.29, 1.82) is 0 Å². The molecule has 0 saturated carbocycles. The largest absolute Gasteiger partial charge is 0.366 e. The van der Waals surface area contributed by atoms with E-state index in [0.29, 0.717) is 6.29 Å². The highest BCUT2D eigenvalue weighted by atomic mass is 19.1. The Kier molecular flexibility index (Phi) is 3.06. The Hall–Kier alpha value is -2.04. The Morgan fingerprint density at radius 2 is 2.29 bits per heavy atom. The summed E-state index contributed by atoms with van der Waals surface area (Å²) in [5, 5.41) is 0. The van der Waals surface area contributed by atoms with E-state index in [1.165, 1.54) is 18.3 Å². The Bertz CT molecular complexity index is 402. The molecule has 0 aromatic carbocycles. The van der Waals surface area contributed by atoms with Crippen molar-refractivity contribution in [1.82, 2.24) is 4.98 Å². The summed E-state index contributed by atoms with van der Waals surface area (Å²) < 4.78 is 12.9. The molecule has 1 aromatic heterocycles. The number of halogens is 1. The van der Waals surface area contributed by atoms with E-state index >= 15 is 0 Å². The molecule has 1 rings (SSSR count). The number of carbonyl (C=O) groups is 2. The van der Waals surface area contributed by atoms with Crippen LogP contribution < -0.4 is 5.73 Å². The molecule has 0 aliphatic carbocycles. The quantitative estimate of drug-likeness (QED) is 0.433. The first-order valence-corrected chi connectivity index (χ1v) is 3.72. The minimum Gasteiger partial charge on any atom is -0.366 e. The van der Waals surface area contributed by atoms with E-state index in [9.17, 15) is 14.0 Å². The summed E-state index contributed by atoms with van der Waals surface area (Å²) in [7, 11) is 0. The van der Waals surface area contributed by atoms with Crippen LogP contribution in [0.15, 0.2) is 18.3 Å². The van der Waals surface area contributed by atoms with Gasteiger partial charge in [0.25, 0.3) is 0 Å². The fraction of sp³-hybridized carbons (Fsp3) is 0. The van der Waals surface area contributed by atoms with Crippen LogP contribution in [-0.2, 0) is 4.79 Å². The van der Waals surface area contributed by atoms with Crippen molar-refractivity contribution >= 4 is 18.3 Å². The van der Waals surface area contributed by atoms with Crippen LogP contribution in [0.2, 0.25) is 0 Å². The fourth-order valence-corrected chi connectivity index (χ4v) is 0.895. The number of hydrogen-bond donors (Lipinski definition) is 1. The lowest BCUT2D eigenvalue weighted by Gasteiger charge is -1.97. The number of nitrogens with zero attached hydrogens (tertiary/aromatic N) is 1. The van der Waals surface area contributed by atoms with Gasteiger partial charge in [0.15, 0.2) is 6.29 Å². The van der Waals surface area contributed by atoms with Gasteiger partial charge in [-0.3, -0.25) is 9.59 Å². The average Bonchev–Trinajstić information content (AvgIpc) is 2.14. The standard InChI is InChI=1S/C9H7FN2O2/c10-9-7(5-13)6(3-4-12-9)1-2-8(11)14/h1-5H,(H2,11,14). The predicted octanol–water partition coefficient (Wildman–Crippen LogP) is 0.532. The first-order chi connectivity index (χ1) is 6.65. The minimum absolute atomic E-state index is 0.190. The van der Waals surface area contributed by atoms with Crippen LogP contribution >= 0.6 is 0 Å². The normalized spacial score (nSPS) is 10.4. The van der Waals surface area contributed by atoms with Crippen LogP contribution in [0.25, 0.3) is 6.08 Å². The summed E-state index contributed by atoms with van der Waals surface area (Å²) >= 11 is 0. The van der Waals surface area contributed by atoms with Crippen molar-refractivity contribution < 1.29 is 14.0 Å². The number of pyridine rings is 1. The first kappa shape index (κ1) is 10.0. The van der Waals surface area contributed by atoms with Crippen LogP contribution in [-0.4, -0.2) is 17.2 Å². The summed E-state index contributed by atoms with van der Waals surface area (Å²) in [6.45, 7) is 0. The summed E-state index contributed by atoms with van der Waals surface area (Å²) in [5.74, 6) is -1.54. The highest BCUT2D eigenvalue weighted by Gasteiger charge is 2.05. The number of carbonyl (C=O) groups excluding carboxylic acids is 2. The molecule has 2 N–H and O–H groups in total. The van der Waals surface area contributed by atoms with Gasteiger partial charge < -0.3 is 5.73 Å². The molecule has 5 heteroatoms. The summed E-state index contributed by atoms with van der Waals surface area (Å²) in [5.41, 5.74) is 4.93. The molecule has 0 unspecified atom stereocenters. The maximum absolute atomic E-state index is 12.9. The van der Waals surface area contributed by atoms with Gasteiger partial charge in [-0.2, -0.15) is 4.39 Å². The van der Waals surface area contributed by atoms with Crippen molar-refractivity contribution in [3.05, 3.63) is 35.4 Å². The second kappa shape index (κ2) is 4.27. The van der Waals surface area contributed by atoms with Crippen molar-refractivity contribution in [2.24, 2.45) is 5.73 Å². The number of nitrogens with two attached hydrogens (primary N) is 1. The smallest absolute Gasteiger partial charge is 0.241 e. The second-order valence-electron chi connectivity index (χ2n) is 2.46. The Balaban J connectivity index is 3.14. The third-order valence-corrected chi connectivity index (χ3v) is 1.52. The van der Waals surface area contributed by atoms with Gasteiger partial charge in [0, 0.05) is 12.3 Å². The minimum atomic E-state index is -0.869. The Morgan fingerprint density at radius 3 is 2.86 bits per heavy atom. The molecular formula is C9H7FN2O2. The molecule has 1 aromatic rings. The summed E-state index contributed by atoms with van der Waals surface area (Å²) in [6.07, 6.45) is 3.84. The molecule has 0 fully saturated rings. The highest BCUT2D eigenvalue weighted by Crippen LogP contribution is 2.10. The molecule has 0 atom stereocenters. The van der Waals surface area contributed by atoms with Crippen molar-refractivity contribution in [2.45, 2.75) is 0 Å². The van der Waals surface area contributed by atoms with Gasteiger partial charge in [-0.05, 0) is 17.7 Å². The molecule has 1 amide bonds. The van der Waals surface area contributed by atoms with Crippen LogP contribution in [0.1, 0.15) is 15.9 Å². The Morgan fingerprint density at radius 1 is 1.57 bits per heavy atom. The number of aromatic nitrogens is 1. The lowest BCUT2D eigenvalue weighted by molar-refractivity contribution is -0.113. The topological polar surface area (TPSA) is 73.1 Å². The first-order valence-electron chi connectivity index (χ1n) is 3.72. The summed E-state index contributed by atoms with van der Waals surface area (Å²) in [4.78, 5) is 24.1. The van der Waals surface area contributed by atoms with Gasteiger partial charge in [-0.1, -0.05) is 0 Å². The number of rotatable bonds is 3. The zero-order valence-corrected chi connectivity index (χ0v) is 7.11. The third-order valence-electron chi connectivity index (χ3n) is 1.52. The van der Waals surface area contributed by atoms with Crippen LogP contribution in [0.4, 0.5) is 4.39 Å². The van der Waals surface area contributed by atoms with E-state index in [2.05, 4.69) is 4.98 Å². The number of aldehydes is 1. The van der Waals surface area contributed by atoms with Crippen molar-refractivity contribution in [3.63, 3.8) is 0 Å². The van der Waals surface area contributed by atoms with Crippen LogP contribution in [0.3, 0.4) is 0 Å². The maximum Gasteiger partial charge on any atom is 0.241 e. The van der Waals surface area contributed by atoms with Gasteiger partial charge in [-0.25, -0.2) is 4.98 Å². The lowest BCUT2D eigenvalue weighted by atomic mass is 10.1. The van der Waals surface area contributed by atoms with E-state index in [1.54, 1.807) is 0 Å². The average molecular weight is 194 g/mol. The molecule has 1 heterocycles. The Labute approximate surface area is 79.2 Å². The van der Waals surface area contributed by atoms with Gasteiger partial charge in [-0.15, -0.1) is 0 Å². The summed E-state index contributed by atoms with van der Waals surface area (Å²) in [6, 6.07) is 1.41. The van der Waals surface area contributed by atoms with Crippen LogP contribution in [0, 0.1) is 5.95 Å². The molecule has 14 heavy (non-hydrogen) atoms. The molecule has 0 bridgehead atoms. The molecule has 0 aliphatic rings. The van der Waals surface area contributed by atoms with E-state index in [4.69, 9.17) is 5.73 Å². The van der Waals surface area contributed by atoms with Gasteiger partial charge >= 0.3 is 0 Å². The van der Waals surface area contributed by atoms with Gasteiger partial charge in [0.05, 0.1) is 5.56 Å². The van der Waals surface area contributed by atoms with Gasteiger partial charge in [0.2, 0.25) is 11.9 Å². The second-order valence-corrected chi connectivity index (χ2v) is 2.46. The van der Waals surface area contributed by atoms with E-state index < -0.39 is 11.9 Å².